The zero-order valence-corrected chi connectivity index (χ0v) is 44.1. The average molecular weight is 1050 g/mol. The number of rotatable bonds is 7. The number of methoxy groups -OCH3 is 1. The molecule has 0 spiro atoms. The van der Waals surface area contributed by atoms with E-state index < -0.39 is 106 Å². The number of aromatic nitrogens is 1. The number of aliphatic hydroxyl groups is 5. The molecular weight excluding hydrogens is 986 g/mol. The molecule has 19 nitrogen and oxygen atoms in total. The number of halogens is 1. The van der Waals surface area contributed by atoms with Gasteiger partial charge in [0.05, 0.1) is 71.9 Å². The Balaban J connectivity index is 1.15. The Morgan fingerprint density at radius 2 is 1.64 bits per heavy atom. The number of hydrazone groups is 1. The lowest BCUT2D eigenvalue weighted by molar-refractivity contribution is -0.160. The number of anilines is 1. The number of aliphatic hydroxyl groups excluding tert-OH is 5. The highest BCUT2D eigenvalue weighted by Gasteiger charge is 2.52. The molecule has 1 saturated carbocycles. The Kier molecular flexibility index (Phi) is 15.8. The van der Waals surface area contributed by atoms with Crippen molar-refractivity contribution >= 4 is 46.2 Å². The minimum Gasteiger partial charge on any atom is -0.508 e. The van der Waals surface area contributed by atoms with Gasteiger partial charge in [-0.1, -0.05) is 52.5 Å². The Bertz CT molecular complexity index is 3060. The second-order valence-corrected chi connectivity index (χ2v) is 20.8. The van der Waals surface area contributed by atoms with Gasteiger partial charge in [-0.25, -0.2) is 4.39 Å². The van der Waals surface area contributed by atoms with E-state index in [9.17, 15) is 49.8 Å². The van der Waals surface area contributed by atoms with Crippen molar-refractivity contribution < 1.29 is 68.4 Å². The van der Waals surface area contributed by atoms with Gasteiger partial charge in [-0.05, 0) is 44.9 Å². The van der Waals surface area contributed by atoms with E-state index in [-0.39, 0.29) is 93.7 Å². The number of fused-ring (bicyclic) bond motifs is 15. The molecule has 1 amide bonds. The summed E-state index contributed by atoms with van der Waals surface area (Å²) in [6.07, 6.45) is 4.15. The van der Waals surface area contributed by atoms with Crippen LogP contribution in [0.1, 0.15) is 112 Å². The molecule has 2 fully saturated rings. The zero-order valence-electron chi connectivity index (χ0n) is 44.1. The van der Waals surface area contributed by atoms with Crippen LogP contribution < -0.4 is 20.4 Å². The van der Waals surface area contributed by atoms with Crippen molar-refractivity contribution in [1.82, 2.24) is 14.9 Å². The number of amides is 1. The lowest BCUT2D eigenvalue weighted by atomic mass is 9.78. The van der Waals surface area contributed by atoms with E-state index in [1.54, 1.807) is 57.1 Å². The molecule has 5 bridgehead atoms. The number of phenols is 1. The molecule has 7 N–H and O–H groups in total. The third-order valence-electron chi connectivity index (χ3n) is 15.6. The summed E-state index contributed by atoms with van der Waals surface area (Å²) in [6.45, 7) is 16.9. The van der Waals surface area contributed by atoms with Crippen molar-refractivity contribution in [3.63, 3.8) is 0 Å². The summed E-state index contributed by atoms with van der Waals surface area (Å²) in [5.41, 5.74) is -0.643. The van der Waals surface area contributed by atoms with Crippen LogP contribution >= 0.6 is 0 Å². The van der Waals surface area contributed by atoms with Crippen LogP contribution in [0.2, 0.25) is 0 Å². The fourth-order valence-corrected chi connectivity index (χ4v) is 10.8. The first-order valence-corrected chi connectivity index (χ1v) is 25.5. The molecule has 2 unspecified atom stereocenters. The van der Waals surface area contributed by atoms with Crippen LogP contribution in [-0.4, -0.2) is 128 Å². The van der Waals surface area contributed by atoms with Crippen LogP contribution in [-0.2, 0) is 23.8 Å². The van der Waals surface area contributed by atoms with Gasteiger partial charge in [0.2, 0.25) is 0 Å². The maximum Gasteiger partial charge on any atom is 0.312 e. The van der Waals surface area contributed by atoms with Crippen molar-refractivity contribution in [3.8, 4) is 11.5 Å². The standard InChI is InChI=1S/C56H68FN5O14/c1-26-12-11-13-27(2)55(72)59-45-36(24-58-61-19-17-60(18-20-61)40-23-39-35(22-38(40)57)49(68)37(32(7)63)25-62(39)34-14-15-34)50(69)42-43(51(45)70)48(67)31(6)53-44(42)54(71)56(9,76-53)74-21-16-41(73-10)28(3)52(75-33(8)64)30(5)47(66)29(4)46(26)65/h11-13,16,21-26,28-30,34,41,46-47,50-52,63,65-67,69-70H,7,14-15,17-20H2,1-6,8-10H3,(H,59,72)/b12-11+,21-16+,27-13-,58-24+/t26-,28+,29+,30+,41-,46-,47+,50?,51?,52+,56-/m0/s1. The lowest BCUT2D eigenvalue weighted by Gasteiger charge is -2.38. The predicted molar refractivity (Wildman–Crippen MR) is 280 cm³/mol. The van der Waals surface area contributed by atoms with Gasteiger partial charge in [0, 0.05) is 103 Å². The number of hydrogen-bond donors (Lipinski definition) is 7. The number of phenolic OH excluding ortho intramolecular Hbond substituents is 1. The van der Waals surface area contributed by atoms with E-state index >= 15 is 4.39 Å². The lowest BCUT2D eigenvalue weighted by Crippen LogP contribution is -2.46. The van der Waals surface area contributed by atoms with Crippen molar-refractivity contribution in [1.29, 1.82) is 0 Å². The number of carbonyl (C=O) groups excluding carboxylic acids is 3. The number of ether oxygens (including phenoxy) is 4. The first-order chi connectivity index (χ1) is 35.9. The van der Waals surface area contributed by atoms with Crippen LogP contribution in [0.5, 0.6) is 11.5 Å². The van der Waals surface area contributed by atoms with Crippen LogP contribution in [0.25, 0.3) is 16.7 Å². The molecule has 1 aromatic heterocycles. The van der Waals surface area contributed by atoms with Crippen molar-refractivity contribution in [2.24, 2.45) is 28.8 Å². The van der Waals surface area contributed by atoms with E-state index in [1.807, 2.05) is 9.47 Å². The van der Waals surface area contributed by atoms with Crippen LogP contribution in [0.15, 0.2) is 82.2 Å². The molecule has 408 valence electrons. The number of nitrogens with one attached hydrogen (secondary N) is 1. The SMILES string of the molecule is C=C(O)c1cn(C2CC2)c2cc(N3CCN(/N=C/C4=C5NC(=O)/C(C)=C\C=C\[C@H](C)[C@H](O)[C@@H](C)[C@@H](O)[C@@H](C)[C@H](OC(C)=O)[C@H](C)[C@@H](OC)/C=C/O[C@@]6(C)Oc7c(C)c(O)c(c(c7C6=O)C4O)C5O)CC3)c(F)cc2c1=O. The number of allylic oxidation sites excluding steroid dienone is 2. The number of nitrogens with zero attached hydrogens (tertiary/aromatic N) is 4. The number of carbonyl (C=O) groups is 3. The Morgan fingerprint density at radius 3 is 2.28 bits per heavy atom. The van der Waals surface area contributed by atoms with Gasteiger partial charge >= 0.3 is 11.8 Å². The van der Waals surface area contributed by atoms with Gasteiger partial charge in [0.25, 0.3) is 11.7 Å². The van der Waals surface area contributed by atoms with Gasteiger partial charge in [-0.2, -0.15) is 5.10 Å². The summed E-state index contributed by atoms with van der Waals surface area (Å²) >= 11 is 0. The summed E-state index contributed by atoms with van der Waals surface area (Å²) in [5.74, 6) is -8.55. The summed E-state index contributed by atoms with van der Waals surface area (Å²) in [7, 11) is 1.42. The quantitative estimate of drug-likeness (QED) is 0.0834. The monoisotopic (exact) mass is 1050 g/mol. The molecular formula is C56H68FN5O14. The Labute approximate surface area is 439 Å². The third-order valence-corrected chi connectivity index (χ3v) is 15.6. The topological polar surface area (TPSA) is 262 Å². The molecule has 9 rings (SSSR count). The average Bonchev–Trinajstić information content (AvgIpc) is 4.20. The number of aromatic hydroxyl groups is 1. The highest BCUT2D eigenvalue weighted by molar-refractivity contribution is 6.09. The number of Topliss-reactive ketones (excluding diaryl/α,β-unsaturated/α-hetero) is 1. The number of benzene rings is 2. The van der Waals surface area contributed by atoms with E-state index in [0.717, 1.165) is 12.8 Å². The summed E-state index contributed by atoms with van der Waals surface area (Å²) in [6, 6.07) is 2.91. The highest BCUT2D eigenvalue weighted by atomic mass is 19.1. The van der Waals surface area contributed by atoms with Gasteiger partial charge in [0.1, 0.15) is 41.4 Å². The molecule has 20 heteroatoms. The van der Waals surface area contributed by atoms with E-state index in [1.165, 1.54) is 65.5 Å². The normalized spacial score (nSPS) is 31.2. The van der Waals surface area contributed by atoms with Gasteiger partial charge < -0.3 is 64.4 Å². The third kappa shape index (κ3) is 10.3. The molecule has 76 heavy (non-hydrogen) atoms. The minimum absolute atomic E-state index is 0.00517. The van der Waals surface area contributed by atoms with E-state index in [4.69, 9.17) is 18.9 Å². The largest absolute Gasteiger partial charge is 0.508 e. The van der Waals surface area contributed by atoms with Gasteiger partial charge in [-0.15, -0.1) is 0 Å². The molecule has 2 aliphatic carbocycles. The summed E-state index contributed by atoms with van der Waals surface area (Å²) in [4.78, 5) is 56.3. The smallest absolute Gasteiger partial charge is 0.312 e. The Morgan fingerprint density at radius 1 is 0.961 bits per heavy atom. The molecule has 11 atom stereocenters. The number of pyridine rings is 1. The molecule has 3 aromatic rings. The van der Waals surface area contributed by atoms with Crippen molar-refractivity contribution in [3.05, 3.63) is 116 Å². The fourth-order valence-electron chi connectivity index (χ4n) is 10.8. The molecule has 2 aromatic carbocycles. The van der Waals surface area contributed by atoms with Gasteiger partial charge in [0.15, 0.2) is 5.43 Å². The molecule has 6 aliphatic rings. The van der Waals surface area contributed by atoms with Crippen LogP contribution in [0, 0.1) is 36.4 Å². The van der Waals surface area contributed by atoms with Gasteiger partial charge in [-0.3, -0.25) is 24.2 Å². The number of ketones is 1. The second-order valence-electron chi connectivity index (χ2n) is 20.8. The fraction of sp³-hybridized carbons (Fsp3) is 0.482. The predicted octanol–water partition coefficient (Wildman–Crippen LogP) is 5.83. The molecule has 1 saturated heterocycles. The number of piperazine rings is 1. The zero-order chi connectivity index (χ0) is 55.4. The second kappa shape index (κ2) is 21.7. The summed E-state index contributed by atoms with van der Waals surface area (Å²) < 4.78 is 41.6. The molecule has 0 radical (unpaired) electrons. The van der Waals surface area contributed by atoms with Crippen LogP contribution in [0.4, 0.5) is 10.1 Å². The first-order valence-electron chi connectivity index (χ1n) is 25.5. The van der Waals surface area contributed by atoms with E-state index in [0.29, 0.717) is 5.52 Å². The Hall–Kier alpha value is -6.84. The molecule has 4 aliphatic heterocycles. The number of esters is 1. The number of hydrogen-bond acceptors (Lipinski definition) is 17. The minimum atomic E-state index is -2.11. The highest BCUT2D eigenvalue weighted by Crippen LogP contribution is 2.54. The van der Waals surface area contributed by atoms with Crippen LogP contribution in [0.3, 0.4) is 0 Å². The summed E-state index contributed by atoms with van der Waals surface area (Å²) in [5, 5.41) is 78.9. The maximum atomic E-state index is 16.0. The first kappa shape index (κ1) is 55.4. The van der Waals surface area contributed by atoms with Crippen molar-refractivity contribution in [2.75, 3.05) is 38.2 Å². The van der Waals surface area contributed by atoms with E-state index in [2.05, 4.69) is 17.0 Å². The van der Waals surface area contributed by atoms with Crippen molar-refractivity contribution in [2.45, 2.75) is 117 Å². The maximum absolute atomic E-state index is 16.0. The molecule has 5 heterocycles.